The Kier molecular flexibility index (Phi) is 5.72. The lowest BCUT2D eigenvalue weighted by atomic mass is 10.3. The van der Waals surface area contributed by atoms with Crippen molar-refractivity contribution in [3.8, 4) is 5.75 Å². The maximum atomic E-state index is 11.8. The lowest BCUT2D eigenvalue weighted by Crippen LogP contribution is -2.26. The van der Waals surface area contributed by atoms with Crippen LogP contribution >= 0.6 is 0 Å². The fraction of sp³-hybridized carbons (Fsp3) is 0.412. The van der Waals surface area contributed by atoms with E-state index in [4.69, 9.17) is 9.47 Å². The number of ether oxygens (including phenoxy) is 2. The third-order valence-corrected chi connectivity index (χ3v) is 3.31. The highest BCUT2D eigenvalue weighted by atomic mass is 16.6. The summed E-state index contributed by atoms with van der Waals surface area (Å²) in [5.74, 6) is 0.187. The molecular formula is C17H21NO4. The van der Waals surface area contributed by atoms with Crippen LogP contribution in [-0.4, -0.2) is 24.6 Å². The minimum absolute atomic E-state index is 0.0500. The van der Waals surface area contributed by atoms with Crippen LogP contribution in [0.25, 0.3) is 0 Å². The molecule has 0 spiro atoms. The van der Waals surface area contributed by atoms with Crippen LogP contribution < -0.4 is 10.1 Å². The van der Waals surface area contributed by atoms with Crippen molar-refractivity contribution in [2.45, 2.75) is 32.3 Å². The average molecular weight is 303 g/mol. The molecule has 1 aromatic carbocycles. The molecule has 2 rings (SSSR count). The van der Waals surface area contributed by atoms with E-state index in [0.29, 0.717) is 24.5 Å². The number of benzene rings is 1. The quantitative estimate of drug-likeness (QED) is 0.347. The van der Waals surface area contributed by atoms with E-state index in [1.165, 1.54) is 0 Å². The predicted molar refractivity (Wildman–Crippen MR) is 83.7 cm³/mol. The monoisotopic (exact) mass is 303 g/mol. The van der Waals surface area contributed by atoms with Gasteiger partial charge in [-0.25, -0.2) is 4.79 Å². The van der Waals surface area contributed by atoms with E-state index in [-0.39, 0.29) is 11.8 Å². The number of amides is 1. The number of hydrogen-bond acceptors (Lipinski definition) is 4. The molecule has 1 fully saturated rings. The maximum Gasteiger partial charge on any atom is 0.340 e. The summed E-state index contributed by atoms with van der Waals surface area (Å²) in [7, 11) is 0. The van der Waals surface area contributed by atoms with Gasteiger partial charge in [0.1, 0.15) is 5.75 Å². The van der Waals surface area contributed by atoms with Gasteiger partial charge in [0.25, 0.3) is 0 Å². The molecule has 0 heterocycles. The first-order valence-electron chi connectivity index (χ1n) is 7.45. The van der Waals surface area contributed by atoms with Crippen molar-refractivity contribution in [2.75, 3.05) is 11.9 Å². The van der Waals surface area contributed by atoms with E-state index < -0.39 is 12.1 Å². The third-order valence-electron chi connectivity index (χ3n) is 3.31. The number of carbonyl (C=O) groups excluding carboxylic acids is 2. The third kappa shape index (κ3) is 5.00. The van der Waals surface area contributed by atoms with E-state index in [0.717, 1.165) is 12.8 Å². The summed E-state index contributed by atoms with van der Waals surface area (Å²) in [6.07, 6.45) is 3.71. The summed E-state index contributed by atoms with van der Waals surface area (Å²) in [6.45, 7) is 5.67. The van der Waals surface area contributed by atoms with Crippen LogP contribution in [0, 0.1) is 5.92 Å². The molecule has 5 nitrogen and oxygen atoms in total. The van der Waals surface area contributed by atoms with Crippen LogP contribution in [0.15, 0.2) is 36.9 Å². The second-order valence-corrected chi connectivity index (χ2v) is 5.30. The second kappa shape index (κ2) is 7.75. The van der Waals surface area contributed by atoms with E-state index in [1.54, 1.807) is 37.3 Å². The van der Waals surface area contributed by atoms with Gasteiger partial charge in [-0.2, -0.15) is 0 Å². The maximum absolute atomic E-state index is 11.8. The first-order valence-corrected chi connectivity index (χ1v) is 7.45. The molecular weight excluding hydrogens is 282 g/mol. The summed E-state index contributed by atoms with van der Waals surface area (Å²) in [5, 5.41) is 2.83. The number of hydrogen-bond donors (Lipinski definition) is 1. The molecule has 1 amide bonds. The fourth-order valence-electron chi connectivity index (χ4n) is 1.79. The Morgan fingerprint density at radius 3 is 2.64 bits per heavy atom. The van der Waals surface area contributed by atoms with Crippen LogP contribution in [0.1, 0.15) is 26.2 Å². The molecule has 1 unspecified atom stereocenters. The molecule has 0 saturated heterocycles. The number of carbonyl (C=O) groups is 2. The van der Waals surface area contributed by atoms with Gasteiger partial charge < -0.3 is 14.8 Å². The molecule has 118 valence electrons. The Bertz CT molecular complexity index is 534. The minimum Gasteiger partial charge on any atom is -0.425 e. The van der Waals surface area contributed by atoms with Gasteiger partial charge in [-0.15, -0.1) is 6.58 Å². The summed E-state index contributed by atoms with van der Waals surface area (Å²) >= 11 is 0. The molecule has 1 N–H and O–H groups in total. The fourth-order valence-corrected chi connectivity index (χ4v) is 1.79. The van der Waals surface area contributed by atoms with Gasteiger partial charge in [-0.1, -0.05) is 6.08 Å². The smallest absolute Gasteiger partial charge is 0.340 e. The molecule has 1 aliphatic rings. The summed E-state index contributed by atoms with van der Waals surface area (Å²) in [5.41, 5.74) is 0.701. The Hall–Kier alpha value is -2.14. The average Bonchev–Trinajstić information content (AvgIpc) is 3.34. The molecule has 22 heavy (non-hydrogen) atoms. The predicted octanol–water partition coefficient (Wildman–Crippen LogP) is 2.92. The van der Waals surface area contributed by atoms with Gasteiger partial charge in [0.2, 0.25) is 5.91 Å². The standard InChI is InChI=1S/C17H21NO4/c1-3-4-11-21-12(2)17(20)22-15-9-7-14(8-10-15)18-16(19)13-5-6-13/h3,7-10,12-13H,1,4-6,11H2,2H3,(H,18,19). The molecule has 1 aromatic rings. The molecule has 1 atom stereocenters. The lowest BCUT2D eigenvalue weighted by molar-refractivity contribution is -0.146. The van der Waals surface area contributed by atoms with Gasteiger partial charge in [0.05, 0.1) is 6.61 Å². The molecule has 0 radical (unpaired) electrons. The van der Waals surface area contributed by atoms with Crippen LogP contribution in [0.4, 0.5) is 5.69 Å². The summed E-state index contributed by atoms with van der Waals surface area (Å²) < 4.78 is 10.5. The van der Waals surface area contributed by atoms with Crippen LogP contribution in [-0.2, 0) is 14.3 Å². The van der Waals surface area contributed by atoms with Gasteiger partial charge in [-0.3, -0.25) is 4.79 Å². The van der Waals surface area contributed by atoms with E-state index in [2.05, 4.69) is 11.9 Å². The Morgan fingerprint density at radius 2 is 2.05 bits per heavy atom. The zero-order valence-electron chi connectivity index (χ0n) is 12.7. The van der Waals surface area contributed by atoms with Gasteiger partial charge in [0.15, 0.2) is 6.10 Å². The Labute approximate surface area is 130 Å². The molecule has 5 heteroatoms. The number of rotatable bonds is 8. The molecule has 1 saturated carbocycles. The highest BCUT2D eigenvalue weighted by molar-refractivity contribution is 5.94. The Morgan fingerprint density at radius 1 is 1.36 bits per heavy atom. The summed E-state index contributed by atoms with van der Waals surface area (Å²) in [4.78, 5) is 23.5. The lowest BCUT2D eigenvalue weighted by Gasteiger charge is -2.12. The minimum atomic E-state index is -0.630. The molecule has 1 aliphatic carbocycles. The van der Waals surface area contributed by atoms with Crippen LogP contribution in [0.5, 0.6) is 5.75 Å². The van der Waals surface area contributed by atoms with Crippen molar-refractivity contribution in [2.24, 2.45) is 5.92 Å². The topological polar surface area (TPSA) is 64.6 Å². The first-order chi connectivity index (χ1) is 10.6. The van der Waals surface area contributed by atoms with Crippen LogP contribution in [0.2, 0.25) is 0 Å². The largest absolute Gasteiger partial charge is 0.425 e. The number of anilines is 1. The second-order valence-electron chi connectivity index (χ2n) is 5.30. The van der Waals surface area contributed by atoms with E-state index in [1.807, 2.05) is 0 Å². The number of esters is 1. The van der Waals surface area contributed by atoms with Crippen molar-refractivity contribution in [1.29, 1.82) is 0 Å². The molecule has 0 aromatic heterocycles. The van der Waals surface area contributed by atoms with E-state index >= 15 is 0 Å². The Balaban J connectivity index is 1.80. The van der Waals surface area contributed by atoms with Crippen molar-refractivity contribution in [3.05, 3.63) is 36.9 Å². The first kappa shape index (κ1) is 16.2. The zero-order chi connectivity index (χ0) is 15.9. The van der Waals surface area contributed by atoms with Gasteiger partial charge in [0, 0.05) is 11.6 Å². The van der Waals surface area contributed by atoms with Gasteiger partial charge >= 0.3 is 5.97 Å². The summed E-state index contributed by atoms with van der Waals surface area (Å²) in [6, 6.07) is 6.73. The molecule has 0 aliphatic heterocycles. The highest BCUT2D eigenvalue weighted by Gasteiger charge is 2.29. The van der Waals surface area contributed by atoms with Crippen molar-refractivity contribution in [3.63, 3.8) is 0 Å². The van der Waals surface area contributed by atoms with Crippen molar-refractivity contribution < 1.29 is 19.1 Å². The SMILES string of the molecule is C=CCCOC(C)C(=O)Oc1ccc(NC(=O)C2CC2)cc1. The van der Waals surface area contributed by atoms with Crippen molar-refractivity contribution in [1.82, 2.24) is 0 Å². The normalized spacial score (nSPS) is 15.0. The van der Waals surface area contributed by atoms with E-state index in [9.17, 15) is 9.59 Å². The van der Waals surface area contributed by atoms with Crippen LogP contribution in [0.3, 0.4) is 0 Å². The highest BCUT2D eigenvalue weighted by Crippen LogP contribution is 2.30. The molecule has 0 bridgehead atoms. The van der Waals surface area contributed by atoms with Gasteiger partial charge in [-0.05, 0) is 50.5 Å². The number of nitrogens with one attached hydrogen (secondary N) is 1. The van der Waals surface area contributed by atoms with Crippen molar-refractivity contribution >= 4 is 17.6 Å². The zero-order valence-corrected chi connectivity index (χ0v) is 12.7.